The first-order chi connectivity index (χ1) is 8.66. The van der Waals surface area contributed by atoms with Crippen molar-refractivity contribution in [3.8, 4) is 0 Å². The summed E-state index contributed by atoms with van der Waals surface area (Å²) in [6.07, 6.45) is 8.02. The molecule has 19 heavy (non-hydrogen) atoms. The molecular formula is C14H22BN4-. The van der Waals surface area contributed by atoms with Gasteiger partial charge < -0.3 is 19.4 Å². The summed E-state index contributed by atoms with van der Waals surface area (Å²) in [4.78, 5) is 7.94. The fourth-order valence-electron chi connectivity index (χ4n) is 1.67. The summed E-state index contributed by atoms with van der Waals surface area (Å²) in [5.74, 6) is 0. The van der Waals surface area contributed by atoms with Crippen molar-refractivity contribution in [2.24, 2.45) is 0 Å². The van der Waals surface area contributed by atoms with Gasteiger partial charge in [-0.05, 0) is 53.9 Å². The highest BCUT2D eigenvalue weighted by Gasteiger charge is 2.24. The highest BCUT2D eigenvalue weighted by Crippen LogP contribution is 2.25. The second kappa shape index (κ2) is 4.69. The number of hydrogen-bond donors (Lipinski definition) is 0. The second-order valence-electron chi connectivity index (χ2n) is 6.81. The van der Waals surface area contributed by atoms with Crippen LogP contribution in [0.15, 0.2) is 24.8 Å². The highest BCUT2D eigenvalue weighted by atomic mass is 15.4. The van der Waals surface area contributed by atoms with Gasteiger partial charge in [0.1, 0.15) is 0 Å². The zero-order valence-electron chi connectivity index (χ0n) is 12.7. The van der Waals surface area contributed by atoms with Crippen molar-refractivity contribution in [1.82, 2.24) is 19.4 Å². The zero-order valence-corrected chi connectivity index (χ0v) is 12.7. The Morgan fingerprint density at radius 1 is 0.684 bits per heavy atom. The maximum Gasteiger partial charge on any atom is 0.160 e. The van der Waals surface area contributed by atoms with E-state index in [-0.39, 0.29) is 11.1 Å². The summed E-state index contributed by atoms with van der Waals surface area (Å²) < 4.78 is 0. The molecule has 0 N–H and O–H groups in total. The van der Waals surface area contributed by atoms with Gasteiger partial charge in [-0.15, -0.1) is 0 Å². The molecule has 0 amide bonds. The van der Waals surface area contributed by atoms with Crippen molar-refractivity contribution < 1.29 is 0 Å². The van der Waals surface area contributed by atoms with Gasteiger partial charge >= 0.3 is 0 Å². The predicted molar refractivity (Wildman–Crippen MR) is 77.4 cm³/mol. The van der Waals surface area contributed by atoms with Crippen LogP contribution in [0.25, 0.3) is 0 Å². The van der Waals surface area contributed by atoms with Gasteiger partial charge in [0.25, 0.3) is 0 Å². The Morgan fingerprint density at radius 2 is 1.05 bits per heavy atom. The molecule has 2 aliphatic rings. The van der Waals surface area contributed by atoms with Crippen LogP contribution in [0.4, 0.5) is 0 Å². The Kier molecular flexibility index (Phi) is 3.50. The quantitative estimate of drug-likeness (QED) is 0.703. The van der Waals surface area contributed by atoms with Crippen molar-refractivity contribution in [2.75, 3.05) is 0 Å². The minimum Gasteiger partial charge on any atom is -0.564 e. The number of rotatable bonds is 2. The lowest BCUT2D eigenvalue weighted by molar-refractivity contribution is 0.230. The molecule has 0 unspecified atom stereocenters. The lowest BCUT2D eigenvalue weighted by Crippen LogP contribution is -2.41. The molecule has 4 nitrogen and oxygen atoms in total. The van der Waals surface area contributed by atoms with E-state index in [0.29, 0.717) is 0 Å². The summed E-state index contributed by atoms with van der Waals surface area (Å²) in [6.45, 7) is 19.5. The van der Waals surface area contributed by atoms with E-state index in [1.165, 1.54) is 0 Å². The molecule has 0 fully saturated rings. The van der Waals surface area contributed by atoms with E-state index in [1.54, 1.807) is 0 Å². The van der Waals surface area contributed by atoms with Crippen LogP contribution in [0.2, 0.25) is 0 Å². The van der Waals surface area contributed by atoms with E-state index < -0.39 is 0 Å². The summed E-state index contributed by atoms with van der Waals surface area (Å²) in [6, 6.07) is 0. The molecule has 0 aromatic heterocycles. The first-order valence-corrected chi connectivity index (χ1v) is 6.56. The summed E-state index contributed by atoms with van der Waals surface area (Å²) >= 11 is 0. The second-order valence-corrected chi connectivity index (χ2v) is 6.81. The average Bonchev–Trinajstić information content (AvgIpc) is 2.84. The van der Waals surface area contributed by atoms with Crippen LogP contribution in [0.1, 0.15) is 41.5 Å². The van der Waals surface area contributed by atoms with Crippen LogP contribution in [0.5, 0.6) is 0 Å². The zero-order chi connectivity index (χ0) is 14.3. The Hall–Kier alpha value is -1.26. The van der Waals surface area contributed by atoms with Crippen LogP contribution in [-0.2, 0) is 0 Å². The topological polar surface area (TPSA) is 13.0 Å². The van der Waals surface area contributed by atoms with E-state index in [4.69, 9.17) is 0 Å². The van der Waals surface area contributed by atoms with Gasteiger partial charge in [-0.25, -0.2) is 0 Å². The van der Waals surface area contributed by atoms with Crippen molar-refractivity contribution in [3.63, 3.8) is 0 Å². The van der Waals surface area contributed by atoms with Crippen LogP contribution in [0.3, 0.4) is 0 Å². The summed E-state index contributed by atoms with van der Waals surface area (Å²) in [5.41, 5.74) is 0.0929. The van der Waals surface area contributed by atoms with Gasteiger partial charge in [0, 0.05) is 23.5 Å². The molecule has 0 spiro atoms. The minimum absolute atomic E-state index is 0.0464. The maximum absolute atomic E-state index is 3.28. The Balaban J connectivity index is 1.83. The van der Waals surface area contributed by atoms with E-state index in [1.807, 2.05) is 42.0 Å². The molecule has 2 rings (SSSR count). The molecule has 2 heterocycles. The summed E-state index contributed by atoms with van der Waals surface area (Å²) in [5, 5.41) is 0. The minimum atomic E-state index is 0.0464. The normalized spacial score (nSPS) is 20.1. The molecule has 6 radical (unpaired) electrons. The predicted octanol–water partition coefficient (Wildman–Crippen LogP) is 2.29. The van der Waals surface area contributed by atoms with Gasteiger partial charge in [0.2, 0.25) is 0 Å². The third-order valence-corrected chi connectivity index (χ3v) is 2.89. The first-order valence-electron chi connectivity index (χ1n) is 6.56. The molecule has 2 aliphatic heterocycles. The average molecular weight is 257 g/mol. The Morgan fingerprint density at radius 3 is 1.32 bits per heavy atom. The van der Waals surface area contributed by atoms with Crippen LogP contribution < -0.4 is 0 Å². The monoisotopic (exact) mass is 257 g/mol. The molecule has 0 saturated heterocycles. The van der Waals surface area contributed by atoms with Crippen LogP contribution in [0, 0.1) is 13.3 Å². The van der Waals surface area contributed by atoms with E-state index in [0.717, 1.165) is 0 Å². The molecule has 102 valence electrons. The van der Waals surface area contributed by atoms with Crippen molar-refractivity contribution >= 4 is 7.55 Å². The number of hydrogen-bond acceptors (Lipinski definition) is 4. The molecule has 0 aliphatic carbocycles. The number of nitrogens with zero attached hydrogens (tertiary/aromatic N) is 4. The van der Waals surface area contributed by atoms with Gasteiger partial charge in [-0.1, -0.05) is 7.55 Å². The largest absolute Gasteiger partial charge is 0.564 e. The molecule has 5 heteroatoms. The molecular weight excluding hydrogens is 235 g/mol. The van der Waals surface area contributed by atoms with Crippen molar-refractivity contribution in [1.29, 1.82) is 0 Å². The molecule has 0 atom stereocenters. The van der Waals surface area contributed by atoms with Crippen LogP contribution in [-0.4, -0.2) is 38.0 Å². The molecule has 0 aromatic rings. The third kappa shape index (κ3) is 3.40. The van der Waals surface area contributed by atoms with Gasteiger partial charge in [0.05, 0.1) is 0 Å². The van der Waals surface area contributed by atoms with Crippen molar-refractivity contribution in [2.45, 2.75) is 52.6 Å². The highest BCUT2D eigenvalue weighted by molar-refractivity contribution is 6.30. The molecule has 0 aromatic carbocycles. The van der Waals surface area contributed by atoms with Gasteiger partial charge in [0.15, 0.2) is 13.3 Å². The van der Waals surface area contributed by atoms with Gasteiger partial charge in [-0.2, -0.15) is 0 Å². The lowest BCUT2D eigenvalue weighted by Gasteiger charge is -2.42. The van der Waals surface area contributed by atoms with E-state index in [2.05, 4.69) is 64.7 Å². The van der Waals surface area contributed by atoms with E-state index >= 15 is 0 Å². The Labute approximate surface area is 118 Å². The third-order valence-electron chi connectivity index (χ3n) is 2.89. The summed E-state index contributed by atoms with van der Waals surface area (Å²) in [7, 11) is 1.95. The fraction of sp³-hybridized carbons (Fsp3) is 0.571. The van der Waals surface area contributed by atoms with E-state index in [9.17, 15) is 0 Å². The maximum atomic E-state index is 3.28. The molecule has 0 bridgehead atoms. The SMILES string of the molecule is CC(C)(C)N1[C]N([B-]N2[C]N(C(C)(C)C)C=C2)C=C1. The smallest absolute Gasteiger partial charge is 0.160 e. The Bertz CT molecular complexity index is 342. The fourth-order valence-corrected chi connectivity index (χ4v) is 1.67. The standard InChI is InChI=1S/C14H22BN4/c1-13(2,3)16-7-9-18(11-16)15-19-10-8-17(12-19)14(4,5)6/h7-10H,1-6H3/q-1. The van der Waals surface area contributed by atoms with Crippen molar-refractivity contribution in [3.05, 3.63) is 38.1 Å². The van der Waals surface area contributed by atoms with Gasteiger partial charge in [-0.3, -0.25) is 0 Å². The molecule has 0 saturated carbocycles. The first kappa shape index (κ1) is 14.2. The lowest BCUT2D eigenvalue weighted by atomic mass is 10.1. The van der Waals surface area contributed by atoms with Crippen LogP contribution >= 0.6 is 0 Å².